The zero-order valence-corrected chi connectivity index (χ0v) is 18.5. The van der Waals surface area contributed by atoms with E-state index in [0.29, 0.717) is 0 Å². The van der Waals surface area contributed by atoms with E-state index < -0.39 is 0 Å². The van der Waals surface area contributed by atoms with Gasteiger partial charge in [-0.05, 0) is 50.8 Å². The number of quaternary nitrogens is 1. The summed E-state index contributed by atoms with van der Waals surface area (Å²) < 4.78 is 0. The van der Waals surface area contributed by atoms with Crippen molar-refractivity contribution in [2.75, 3.05) is 25.5 Å². The van der Waals surface area contributed by atoms with Crippen molar-refractivity contribution >= 4 is 17.5 Å². The lowest BCUT2D eigenvalue weighted by atomic mass is 10.0. The Morgan fingerprint density at radius 2 is 1.45 bits per heavy atom. The molecular weight excluding hydrogens is 362 g/mol. The Morgan fingerprint density at radius 3 is 2.00 bits per heavy atom. The summed E-state index contributed by atoms with van der Waals surface area (Å²) in [6, 6.07) is 12.3. The molecule has 0 spiro atoms. The highest BCUT2D eigenvalue weighted by molar-refractivity contribution is 5.93. The molecule has 0 radical (unpaired) electrons. The molecule has 0 heterocycles. The Hall–Kier alpha value is -2.66. The number of likely N-dealkylation sites (N-methyl/N-ethyl adjacent to an activating group) is 1. The predicted molar refractivity (Wildman–Crippen MR) is 118 cm³/mol. The Labute approximate surface area is 174 Å². The molecule has 0 aliphatic rings. The van der Waals surface area contributed by atoms with Crippen molar-refractivity contribution in [3.8, 4) is 0 Å². The molecule has 2 atom stereocenters. The van der Waals surface area contributed by atoms with Crippen LogP contribution >= 0.6 is 0 Å². The number of benzene rings is 2. The van der Waals surface area contributed by atoms with E-state index in [9.17, 15) is 9.59 Å². The maximum atomic E-state index is 12.5. The van der Waals surface area contributed by atoms with E-state index in [1.807, 2.05) is 34.7 Å². The summed E-state index contributed by atoms with van der Waals surface area (Å²) in [5.41, 5.74) is 6.45. The number of aryl methyl sites for hydroxylation is 4. The van der Waals surface area contributed by atoms with Gasteiger partial charge in [0.05, 0.1) is 13.1 Å². The first-order chi connectivity index (χ1) is 13.7. The van der Waals surface area contributed by atoms with Crippen LogP contribution in [-0.2, 0) is 9.59 Å². The van der Waals surface area contributed by atoms with Crippen molar-refractivity contribution in [2.24, 2.45) is 0 Å². The fraction of sp³-hybridized carbons (Fsp3) is 0.417. The smallest absolute Gasteiger partial charge is 0.279 e. The topological polar surface area (TPSA) is 62.6 Å². The normalized spacial score (nSPS) is 12.9. The van der Waals surface area contributed by atoms with Gasteiger partial charge in [-0.15, -0.1) is 0 Å². The molecule has 5 heteroatoms. The largest absolute Gasteiger partial charge is 0.344 e. The van der Waals surface area contributed by atoms with Gasteiger partial charge in [0.2, 0.25) is 0 Å². The molecule has 1 unspecified atom stereocenters. The fourth-order valence-electron chi connectivity index (χ4n) is 3.64. The molecule has 156 valence electrons. The van der Waals surface area contributed by atoms with Gasteiger partial charge in [0, 0.05) is 5.69 Å². The fourth-order valence-corrected chi connectivity index (χ4v) is 3.64. The standard InChI is InChI=1S/C24H33N3O2/c1-7-21(20-10-8-16(2)9-11-20)25-22(28)14-27(6)15-23(29)26-24-18(4)12-17(3)13-19(24)5/h8-13,21H,7,14-15H2,1-6H3,(H,25,28)(H,26,29)/p+1/t21-/m1/s1. The highest BCUT2D eigenvalue weighted by atomic mass is 16.2. The molecule has 2 rings (SSSR count). The molecule has 3 N–H and O–H groups in total. The summed E-state index contributed by atoms with van der Waals surface area (Å²) in [7, 11) is 1.86. The summed E-state index contributed by atoms with van der Waals surface area (Å²) in [6.45, 7) is 10.6. The zero-order valence-electron chi connectivity index (χ0n) is 18.5. The number of hydrogen-bond acceptors (Lipinski definition) is 2. The van der Waals surface area contributed by atoms with E-state index in [1.165, 1.54) is 11.1 Å². The number of anilines is 1. The van der Waals surface area contributed by atoms with Gasteiger partial charge in [-0.1, -0.05) is 54.4 Å². The van der Waals surface area contributed by atoms with Crippen LogP contribution in [0, 0.1) is 27.7 Å². The third kappa shape index (κ3) is 6.71. The summed E-state index contributed by atoms with van der Waals surface area (Å²) in [5, 5.41) is 6.09. The molecule has 0 saturated heterocycles. The first-order valence-corrected chi connectivity index (χ1v) is 10.2. The second kappa shape index (κ2) is 10.2. The summed E-state index contributed by atoms with van der Waals surface area (Å²) in [5.74, 6) is -0.138. The lowest BCUT2D eigenvalue weighted by Crippen LogP contribution is -3.11. The highest BCUT2D eigenvalue weighted by Gasteiger charge is 2.18. The van der Waals surface area contributed by atoms with E-state index in [-0.39, 0.29) is 30.9 Å². The molecular formula is C24H34N3O2+. The first-order valence-electron chi connectivity index (χ1n) is 10.2. The first kappa shape index (κ1) is 22.6. The maximum absolute atomic E-state index is 12.5. The third-order valence-electron chi connectivity index (χ3n) is 5.09. The number of rotatable bonds is 8. The van der Waals surface area contributed by atoms with Crippen LogP contribution in [0.5, 0.6) is 0 Å². The summed E-state index contributed by atoms with van der Waals surface area (Å²) >= 11 is 0. The molecule has 0 fully saturated rings. The Bertz CT molecular complexity index is 836. The van der Waals surface area contributed by atoms with E-state index in [1.54, 1.807) is 0 Å². The molecule has 0 aliphatic carbocycles. The van der Waals surface area contributed by atoms with Crippen LogP contribution in [0.2, 0.25) is 0 Å². The van der Waals surface area contributed by atoms with Crippen LogP contribution in [0.1, 0.15) is 47.2 Å². The zero-order chi connectivity index (χ0) is 21.6. The van der Waals surface area contributed by atoms with E-state index in [2.05, 4.69) is 54.0 Å². The van der Waals surface area contributed by atoms with E-state index >= 15 is 0 Å². The molecule has 0 aromatic heterocycles. The number of amides is 2. The molecule has 29 heavy (non-hydrogen) atoms. The van der Waals surface area contributed by atoms with E-state index in [4.69, 9.17) is 0 Å². The van der Waals surface area contributed by atoms with Gasteiger partial charge in [0.15, 0.2) is 13.1 Å². The van der Waals surface area contributed by atoms with Crippen LogP contribution in [0.4, 0.5) is 5.69 Å². The molecule has 5 nitrogen and oxygen atoms in total. The number of carbonyl (C=O) groups is 2. The predicted octanol–water partition coefficient (Wildman–Crippen LogP) is 2.64. The molecule has 0 bridgehead atoms. The highest BCUT2D eigenvalue weighted by Crippen LogP contribution is 2.21. The Morgan fingerprint density at radius 1 is 0.897 bits per heavy atom. The minimum atomic E-state index is -0.0871. The Balaban J connectivity index is 1.89. The van der Waals surface area contributed by atoms with Gasteiger partial charge in [-0.25, -0.2) is 0 Å². The van der Waals surface area contributed by atoms with Crippen molar-refractivity contribution in [1.82, 2.24) is 5.32 Å². The molecule has 2 aromatic rings. The molecule has 2 aromatic carbocycles. The van der Waals surface area contributed by atoms with Crippen LogP contribution in [0.15, 0.2) is 36.4 Å². The second-order valence-electron chi connectivity index (χ2n) is 8.07. The molecule has 2 amide bonds. The van der Waals surface area contributed by atoms with Crippen molar-refractivity contribution < 1.29 is 14.5 Å². The van der Waals surface area contributed by atoms with Crippen LogP contribution in [0.3, 0.4) is 0 Å². The van der Waals surface area contributed by atoms with Crippen LogP contribution < -0.4 is 15.5 Å². The lowest BCUT2D eigenvalue weighted by molar-refractivity contribution is -0.862. The minimum absolute atomic E-state index is 0.0115. The van der Waals surface area contributed by atoms with Gasteiger partial charge >= 0.3 is 0 Å². The Kier molecular flexibility index (Phi) is 7.97. The average Bonchev–Trinajstić information content (AvgIpc) is 2.63. The van der Waals surface area contributed by atoms with Gasteiger partial charge in [-0.3, -0.25) is 9.59 Å². The van der Waals surface area contributed by atoms with Gasteiger partial charge in [0.1, 0.15) is 0 Å². The van der Waals surface area contributed by atoms with Crippen molar-refractivity contribution in [2.45, 2.75) is 47.1 Å². The average molecular weight is 397 g/mol. The second-order valence-corrected chi connectivity index (χ2v) is 8.07. The van der Waals surface area contributed by atoms with Crippen molar-refractivity contribution in [1.29, 1.82) is 0 Å². The number of nitrogens with one attached hydrogen (secondary N) is 3. The van der Waals surface area contributed by atoms with Gasteiger partial charge in [0.25, 0.3) is 11.8 Å². The maximum Gasteiger partial charge on any atom is 0.279 e. The molecule has 0 saturated carbocycles. The lowest BCUT2D eigenvalue weighted by Gasteiger charge is -2.20. The van der Waals surface area contributed by atoms with Crippen LogP contribution in [-0.4, -0.2) is 32.0 Å². The van der Waals surface area contributed by atoms with Crippen LogP contribution in [0.25, 0.3) is 0 Å². The summed E-state index contributed by atoms with van der Waals surface area (Å²) in [6.07, 6.45) is 0.820. The molecule has 0 aliphatic heterocycles. The minimum Gasteiger partial charge on any atom is -0.344 e. The SMILES string of the molecule is CC[C@@H](NC(=O)C[NH+](C)CC(=O)Nc1c(C)cc(C)cc1C)c1ccc(C)cc1. The quantitative estimate of drug-likeness (QED) is 0.642. The van der Waals surface area contributed by atoms with Gasteiger partial charge < -0.3 is 15.5 Å². The summed E-state index contributed by atoms with van der Waals surface area (Å²) in [4.78, 5) is 25.8. The van der Waals surface area contributed by atoms with E-state index in [0.717, 1.165) is 33.7 Å². The third-order valence-corrected chi connectivity index (χ3v) is 5.09. The number of carbonyl (C=O) groups excluding carboxylic acids is 2. The van der Waals surface area contributed by atoms with Crippen molar-refractivity contribution in [3.63, 3.8) is 0 Å². The number of hydrogen-bond donors (Lipinski definition) is 3. The van der Waals surface area contributed by atoms with Crippen molar-refractivity contribution in [3.05, 3.63) is 64.2 Å². The van der Waals surface area contributed by atoms with Gasteiger partial charge in [-0.2, -0.15) is 0 Å². The monoisotopic (exact) mass is 396 g/mol.